The van der Waals surface area contributed by atoms with E-state index < -0.39 is 0 Å². The first-order valence-electron chi connectivity index (χ1n) is 6.97. The second kappa shape index (κ2) is 6.04. The molecule has 1 atom stereocenters. The molecule has 3 rings (SSSR count). The molecular formula is C15H17N3O2. The van der Waals surface area contributed by atoms with E-state index in [2.05, 4.69) is 11.2 Å². The number of nitriles is 1. The minimum absolute atomic E-state index is 0.0824. The van der Waals surface area contributed by atoms with Crippen LogP contribution in [-0.4, -0.2) is 29.3 Å². The lowest BCUT2D eigenvalue weighted by molar-refractivity contribution is -0.163. The van der Waals surface area contributed by atoms with E-state index in [1.54, 1.807) is 0 Å². The highest BCUT2D eigenvalue weighted by Gasteiger charge is 2.14. The van der Waals surface area contributed by atoms with Crippen molar-refractivity contribution in [2.75, 3.05) is 13.2 Å². The van der Waals surface area contributed by atoms with E-state index in [0.717, 1.165) is 36.8 Å². The molecule has 1 saturated heterocycles. The number of hydrogen-bond acceptors (Lipinski definition) is 4. The summed E-state index contributed by atoms with van der Waals surface area (Å²) in [6, 6.07) is 9.89. The third-order valence-electron chi connectivity index (χ3n) is 3.51. The molecular weight excluding hydrogens is 254 g/mol. The van der Waals surface area contributed by atoms with Gasteiger partial charge in [0.2, 0.25) is 0 Å². The Bertz CT molecular complexity index is 624. The third-order valence-corrected chi connectivity index (χ3v) is 3.51. The lowest BCUT2D eigenvalue weighted by atomic mass is 10.2. The van der Waals surface area contributed by atoms with Gasteiger partial charge in [0, 0.05) is 12.0 Å². The van der Waals surface area contributed by atoms with E-state index in [-0.39, 0.29) is 6.29 Å². The highest BCUT2D eigenvalue weighted by molar-refractivity contribution is 5.84. The highest BCUT2D eigenvalue weighted by Crippen LogP contribution is 2.18. The molecule has 0 saturated carbocycles. The molecule has 0 radical (unpaired) electrons. The van der Waals surface area contributed by atoms with Crippen LogP contribution in [0.2, 0.25) is 0 Å². The molecule has 0 spiro atoms. The Morgan fingerprint density at radius 1 is 1.40 bits per heavy atom. The highest BCUT2D eigenvalue weighted by atomic mass is 16.7. The van der Waals surface area contributed by atoms with Crippen LogP contribution in [0.5, 0.6) is 0 Å². The molecule has 1 fully saturated rings. The second-order valence-electron chi connectivity index (χ2n) is 4.87. The summed E-state index contributed by atoms with van der Waals surface area (Å²) in [4.78, 5) is 0. The Kier molecular flexibility index (Phi) is 3.95. The molecule has 2 heterocycles. The number of para-hydroxylation sites is 1. The lowest BCUT2D eigenvalue weighted by Gasteiger charge is -2.22. The van der Waals surface area contributed by atoms with Crippen LogP contribution in [0.15, 0.2) is 24.3 Å². The molecule has 1 aliphatic heterocycles. The van der Waals surface area contributed by atoms with Crippen molar-refractivity contribution >= 4 is 10.9 Å². The number of fused-ring (bicyclic) bond motifs is 1. The van der Waals surface area contributed by atoms with Crippen LogP contribution in [0, 0.1) is 11.3 Å². The minimum atomic E-state index is -0.0824. The zero-order valence-electron chi connectivity index (χ0n) is 11.3. The van der Waals surface area contributed by atoms with Crippen LogP contribution in [0.4, 0.5) is 0 Å². The number of nitrogens with zero attached hydrogens (tertiary/aromatic N) is 3. The Hall–Kier alpha value is -1.90. The van der Waals surface area contributed by atoms with E-state index in [4.69, 9.17) is 14.7 Å². The summed E-state index contributed by atoms with van der Waals surface area (Å²) >= 11 is 0. The first kappa shape index (κ1) is 13.1. The van der Waals surface area contributed by atoms with Crippen molar-refractivity contribution in [3.63, 3.8) is 0 Å². The zero-order chi connectivity index (χ0) is 13.8. The molecule has 0 aliphatic carbocycles. The molecule has 0 bridgehead atoms. The largest absolute Gasteiger partial charge is 0.353 e. The van der Waals surface area contributed by atoms with Crippen LogP contribution in [0.3, 0.4) is 0 Å². The Balaban J connectivity index is 1.67. The summed E-state index contributed by atoms with van der Waals surface area (Å²) in [6.45, 7) is 1.96. The van der Waals surface area contributed by atoms with E-state index in [1.807, 2.05) is 28.9 Å². The van der Waals surface area contributed by atoms with Crippen molar-refractivity contribution in [3.05, 3.63) is 30.0 Å². The maximum atomic E-state index is 9.10. The van der Waals surface area contributed by atoms with E-state index in [9.17, 15) is 0 Å². The molecule has 2 aromatic rings. The number of rotatable bonds is 4. The van der Waals surface area contributed by atoms with Gasteiger partial charge in [0.1, 0.15) is 6.07 Å². The monoisotopic (exact) mass is 271 g/mol. The summed E-state index contributed by atoms with van der Waals surface area (Å²) in [5.74, 6) is 0. The van der Waals surface area contributed by atoms with Gasteiger partial charge in [-0.05, 0) is 31.4 Å². The zero-order valence-corrected chi connectivity index (χ0v) is 11.3. The van der Waals surface area contributed by atoms with Crippen molar-refractivity contribution in [3.8, 4) is 6.07 Å². The summed E-state index contributed by atoms with van der Waals surface area (Å²) in [6.07, 6.45) is 3.16. The van der Waals surface area contributed by atoms with Gasteiger partial charge >= 0.3 is 0 Å². The lowest BCUT2D eigenvalue weighted by Crippen LogP contribution is -2.24. The van der Waals surface area contributed by atoms with Crippen LogP contribution < -0.4 is 0 Å². The van der Waals surface area contributed by atoms with Crippen molar-refractivity contribution < 1.29 is 9.47 Å². The summed E-state index contributed by atoms with van der Waals surface area (Å²) in [5, 5.41) is 14.3. The maximum absolute atomic E-state index is 9.10. The second-order valence-corrected chi connectivity index (χ2v) is 4.87. The third kappa shape index (κ3) is 2.67. The quantitative estimate of drug-likeness (QED) is 0.857. The fourth-order valence-corrected chi connectivity index (χ4v) is 2.49. The summed E-state index contributed by atoms with van der Waals surface area (Å²) in [7, 11) is 0. The Labute approximate surface area is 117 Å². The molecule has 104 valence electrons. The van der Waals surface area contributed by atoms with E-state index in [1.165, 1.54) is 0 Å². The number of hydrogen-bond donors (Lipinski definition) is 0. The van der Waals surface area contributed by atoms with Gasteiger partial charge in [0.15, 0.2) is 12.0 Å². The Morgan fingerprint density at radius 3 is 3.10 bits per heavy atom. The van der Waals surface area contributed by atoms with Crippen LogP contribution in [-0.2, 0) is 16.0 Å². The van der Waals surface area contributed by atoms with E-state index in [0.29, 0.717) is 18.8 Å². The molecule has 1 aromatic carbocycles. The van der Waals surface area contributed by atoms with E-state index >= 15 is 0 Å². The average Bonchev–Trinajstić information content (AvgIpc) is 2.87. The predicted octanol–water partition coefficient (Wildman–Crippen LogP) is 2.45. The topological polar surface area (TPSA) is 60.1 Å². The predicted molar refractivity (Wildman–Crippen MR) is 74.0 cm³/mol. The van der Waals surface area contributed by atoms with Crippen LogP contribution in [0.1, 0.15) is 25.0 Å². The molecule has 1 aromatic heterocycles. The fraction of sp³-hybridized carbons (Fsp3) is 0.467. The van der Waals surface area contributed by atoms with Crippen molar-refractivity contribution in [1.29, 1.82) is 5.26 Å². The molecule has 0 N–H and O–H groups in total. The van der Waals surface area contributed by atoms with Gasteiger partial charge in [-0.15, -0.1) is 0 Å². The van der Waals surface area contributed by atoms with Gasteiger partial charge in [-0.3, -0.25) is 4.68 Å². The molecule has 5 nitrogen and oxygen atoms in total. The number of aromatic nitrogens is 2. The van der Waals surface area contributed by atoms with Gasteiger partial charge in [-0.25, -0.2) is 0 Å². The maximum Gasteiger partial charge on any atom is 0.170 e. The molecule has 20 heavy (non-hydrogen) atoms. The van der Waals surface area contributed by atoms with Crippen molar-refractivity contribution in [1.82, 2.24) is 9.78 Å². The number of ether oxygens (including phenoxy) is 2. The van der Waals surface area contributed by atoms with Gasteiger partial charge < -0.3 is 9.47 Å². The number of benzene rings is 1. The standard InChI is InChI=1S/C15H17N3O2/c16-11-13-12-5-1-2-6-14(12)18(17-13)8-10-20-15-7-3-4-9-19-15/h1-2,5-6,15H,3-4,7-10H2. The smallest absolute Gasteiger partial charge is 0.170 e. The van der Waals surface area contributed by atoms with Gasteiger partial charge in [0.05, 0.1) is 18.7 Å². The molecule has 1 unspecified atom stereocenters. The first-order chi connectivity index (χ1) is 9.88. The van der Waals surface area contributed by atoms with Crippen LogP contribution in [0.25, 0.3) is 10.9 Å². The van der Waals surface area contributed by atoms with Gasteiger partial charge in [-0.1, -0.05) is 12.1 Å². The summed E-state index contributed by atoms with van der Waals surface area (Å²) < 4.78 is 13.1. The minimum Gasteiger partial charge on any atom is -0.353 e. The van der Waals surface area contributed by atoms with Gasteiger partial charge in [0.25, 0.3) is 0 Å². The first-order valence-corrected chi connectivity index (χ1v) is 6.97. The fourth-order valence-electron chi connectivity index (χ4n) is 2.49. The average molecular weight is 271 g/mol. The van der Waals surface area contributed by atoms with Crippen molar-refractivity contribution in [2.45, 2.75) is 32.1 Å². The van der Waals surface area contributed by atoms with Crippen molar-refractivity contribution in [2.24, 2.45) is 0 Å². The normalized spacial score (nSPS) is 19.1. The molecule has 0 amide bonds. The SMILES string of the molecule is N#Cc1nn(CCOC2CCCCO2)c2ccccc12. The molecule has 5 heteroatoms. The van der Waals surface area contributed by atoms with Crippen LogP contribution >= 0.6 is 0 Å². The Morgan fingerprint density at radius 2 is 2.30 bits per heavy atom. The van der Waals surface area contributed by atoms with Gasteiger partial charge in [-0.2, -0.15) is 10.4 Å². The molecule has 1 aliphatic rings. The summed E-state index contributed by atoms with van der Waals surface area (Å²) in [5.41, 5.74) is 1.44.